The van der Waals surface area contributed by atoms with E-state index in [2.05, 4.69) is 25.4 Å². The second-order valence-electron chi connectivity index (χ2n) is 11.1. The maximum absolute atomic E-state index is 13.6. The summed E-state index contributed by atoms with van der Waals surface area (Å²) in [6.07, 6.45) is 3.53. The molecule has 1 unspecified atom stereocenters. The quantitative estimate of drug-likeness (QED) is 0.374. The van der Waals surface area contributed by atoms with Crippen LogP contribution < -0.4 is 10.2 Å². The molecular weight excluding hydrogens is 566 g/mol. The second kappa shape index (κ2) is 12.6. The predicted octanol–water partition coefficient (Wildman–Crippen LogP) is 4.72. The lowest BCUT2D eigenvalue weighted by Crippen LogP contribution is -2.56. The van der Waals surface area contributed by atoms with Gasteiger partial charge < -0.3 is 15.1 Å². The molecule has 2 aliphatic rings. The first kappa shape index (κ1) is 29.8. The van der Waals surface area contributed by atoms with E-state index in [1.807, 2.05) is 42.2 Å². The number of halogens is 3. The van der Waals surface area contributed by atoms with Gasteiger partial charge in [0.15, 0.2) is 5.82 Å². The van der Waals surface area contributed by atoms with Gasteiger partial charge >= 0.3 is 0 Å². The van der Waals surface area contributed by atoms with Gasteiger partial charge in [0.25, 0.3) is 0 Å². The molecule has 3 heterocycles. The molecule has 222 valence electrons. The van der Waals surface area contributed by atoms with Gasteiger partial charge in [0, 0.05) is 92.6 Å². The smallest absolute Gasteiger partial charge is 0.248 e. The van der Waals surface area contributed by atoms with E-state index in [1.165, 1.54) is 0 Å². The lowest BCUT2D eigenvalue weighted by Gasteiger charge is -2.42. The Hall–Kier alpha value is -3.73. The van der Waals surface area contributed by atoms with Crippen molar-refractivity contribution in [2.24, 2.45) is 5.92 Å². The van der Waals surface area contributed by atoms with Crippen LogP contribution in [-0.2, 0) is 20.9 Å². The highest BCUT2D eigenvalue weighted by Gasteiger charge is 2.40. The van der Waals surface area contributed by atoms with Gasteiger partial charge in [-0.15, -0.1) is 10.2 Å². The van der Waals surface area contributed by atoms with Crippen LogP contribution in [0.1, 0.15) is 51.0 Å². The fraction of sp³-hybridized carbons (Fsp3) is 0.467. The molecule has 42 heavy (non-hydrogen) atoms. The SMILES string of the molecule is CC1CN(c2nnc(-c3ccc(CNC(=O)CCC(=O)Cl)cc3)c3ccncc23)CCN1C(=O)C1CCC(F)(F)CC1. The van der Waals surface area contributed by atoms with Crippen LogP contribution in [0.4, 0.5) is 14.6 Å². The Labute approximate surface area is 247 Å². The minimum absolute atomic E-state index is 0.000140. The van der Waals surface area contributed by atoms with E-state index in [9.17, 15) is 23.2 Å². The second-order valence-corrected chi connectivity index (χ2v) is 11.5. The Morgan fingerprint density at radius 1 is 1.02 bits per heavy atom. The van der Waals surface area contributed by atoms with E-state index in [4.69, 9.17) is 11.6 Å². The summed E-state index contributed by atoms with van der Waals surface area (Å²) in [5.74, 6) is -2.58. The molecule has 1 saturated carbocycles. The summed E-state index contributed by atoms with van der Waals surface area (Å²) in [6, 6.07) is 9.43. The van der Waals surface area contributed by atoms with Crippen LogP contribution in [0.3, 0.4) is 0 Å². The molecule has 0 spiro atoms. The maximum Gasteiger partial charge on any atom is 0.248 e. The first-order valence-electron chi connectivity index (χ1n) is 14.2. The van der Waals surface area contributed by atoms with Gasteiger partial charge in [-0.3, -0.25) is 19.4 Å². The number of benzene rings is 1. The maximum atomic E-state index is 13.6. The van der Waals surface area contributed by atoms with Crippen LogP contribution in [0, 0.1) is 5.92 Å². The number of rotatable bonds is 8. The standard InChI is InChI=1S/C30H33ClF2N6O3/c1-19-18-38(14-15-39(19)29(42)22-8-11-30(32,33)12-9-22)28-24-17-34-13-10-23(24)27(36-37-28)21-4-2-20(3-5-21)16-35-26(41)7-6-25(31)40/h2-5,10,13,17,19,22H,6-9,11-12,14-16,18H2,1H3,(H,35,41). The average Bonchev–Trinajstić information content (AvgIpc) is 2.98. The highest BCUT2D eigenvalue weighted by atomic mass is 35.5. The summed E-state index contributed by atoms with van der Waals surface area (Å²) in [4.78, 5) is 44.2. The normalized spacial score (nSPS) is 19.1. The zero-order valence-electron chi connectivity index (χ0n) is 23.4. The molecule has 0 radical (unpaired) electrons. The zero-order valence-corrected chi connectivity index (χ0v) is 24.1. The third kappa shape index (κ3) is 6.83. The zero-order chi connectivity index (χ0) is 29.9. The van der Waals surface area contributed by atoms with Crippen molar-refractivity contribution in [3.05, 3.63) is 48.3 Å². The van der Waals surface area contributed by atoms with Gasteiger partial charge in [0.1, 0.15) is 5.69 Å². The number of anilines is 1. The summed E-state index contributed by atoms with van der Waals surface area (Å²) in [6.45, 7) is 3.89. The minimum Gasteiger partial charge on any atom is -0.352 e. The number of pyridine rings is 1. The summed E-state index contributed by atoms with van der Waals surface area (Å²) in [5, 5.41) is 13.1. The molecule has 1 atom stereocenters. The van der Waals surface area contributed by atoms with Gasteiger partial charge in [-0.1, -0.05) is 24.3 Å². The average molecular weight is 599 g/mol. The molecule has 2 amide bonds. The minimum atomic E-state index is -2.66. The number of hydrogen-bond donors (Lipinski definition) is 1. The number of carbonyl (C=O) groups is 3. The molecule has 0 bridgehead atoms. The van der Waals surface area contributed by atoms with Gasteiger partial charge in [0.2, 0.25) is 23.0 Å². The van der Waals surface area contributed by atoms with Gasteiger partial charge in [0.05, 0.1) is 0 Å². The van der Waals surface area contributed by atoms with Crippen LogP contribution >= 0.6 is 11.6 Å². The van der Waals surface area contributed by atoms with E-state index in [1.54, 1.807) is 12.4 Å². The van der Waals surface area contributed by atoms with E-state index in [0.29, 0.717) is 37.7 Å². The van der Waals surface area contributed by atoms with Crippen LogP contribution in [0.15, 0.2) is 42.7 Å². The number of alkyl halides is 2. The van der Waals surface area contributed by atoms with Crippen molar-refractivity contribution in [3.8, 4) is 11.3 Å². The summed E-state index contributed by atoms with van der Waals surface area (Å²) in [5.41, 5.74) is 2.45. The van der Waals surface area contributed by atoms with Crippen molar-refractivity contribution in [3.63, 3.8) is 0 Å². The predicted molar refractivity (Wildman–Crippen MR) is 155 cm³/mol. The third-order valence-corrected chi connectivity index (χ3v) is 8.29. The molecule has 1 saturated heterocycles. The molecule has 9 nitrogen and oxygen atoms in total. The fourth-order valence-corrected chi connectivity index (χ4v) is 5.81. The van der Waals surface area contributed by atoms with Crippen LogP contribution in [0.2, 0.25) is 0 Å². The lowest BCUT2D eigenvalue weighted by molar-refractivity contribution is -0.142. The number of nitrogens with one attached hydrogen (secondary N) is 1. The number of piperazine rings is 1. The summed E-state index contributed by atoms with van der Waals surface area (Å²) < 4.78 is 27.2. The van der Waals surface area contributed by atoms with Crippen molar-refractivity contribution < 1.29 is 23.2 Å². The van der Waals surface area contributed by atoms with Crippen LogP contribution in [0.25, 0.3) is 22.0 Å². The lowest BCUT2D eigenvalue weighted by atomic mass is 9.85. The molecule has 2 fully saturated rings. The molecule has 5 rings (SSSR count). The number of carbonyl (C=O) groups excluding carboxylic acids is 3. The van der Waals surface area contributed by atoms with Crippen molar-refractivity contribution in [2.45, 2.75) is 64.0 Å². The Morgan fingerprint density at radius 3 is 2.45 bits per heavy atom. The molecular formula is C30H33ClF2N6O3. The van der Waals surface area contributed by atoms with Crippen molar-refractivity contribution in [2.75, 3.05) is 24.5 Å². The van der Waals surface area contributed by atoms with Crippen molar-refractivity contribution in [1.82, 2.24) is 25.4 Å². The highest BCUT2D eigenvalue weighted by molar-refractivity contribution is 6.63. The first-order valence-corrected chi connectivity index (χ1v) is 14.6. The third-order valence-electron chi connectivity index (χ3n) is 8.10. The molecule has 12 heteroatoms. The molecule has 3 aromatic rings. The Bertz CT molecular complexity index is 1460. The van der Waals surface area contributed by atoms with E-state index < -0.39 is 11.2 Å². The Kier molecular flexibility index (Phi) is 8.96. The summed E-state index contributed by atoms with van der Waals surface area (Å²) in [7, 11) is 0. The first-order chi connectivity index (χ1) is 20.1. The molecule has 1 aliphatic carbocycles. The highest BCUT2D eigenvalue weighted by Crippen LogP contribution is 2.38. The monoisotopic (exact) mass is 598 g/mol. The van der Waals surface area contributed by atoms with Crippen LogP contribution in [-0.4, -0.2) is 68.7 Å². The number of hydrogen-bond acceptors (Lipinski definition) is 7. The number of aromatic nitrogens is 3. The Morgan fingerprint density at radius 2 is 1.76 bits per heavy atom. The number of fused-ring (bicyclic) bond motifs is 1. The molecule has 1 N–H and O–H groups in total. The molecule has 1 aliphatic heterocycles. The summed E-state index contributed by atoms with van der Waals surface area (Å²) >= 11 is 5.30. The van der Waals surface area contributed by atoms with E-state index in [-0.39, 0.29) is 62.3 Å². The van der Waals surface area contributed by atoms with E-state index in [0.717, 1.165) is 21.9 Å². The van der Waals surface area contributed by atoms with Gasteiger partial charge in [-0.25, -0.2) is 8.78 Å². The van der Waals surface area contributed by atoms with Crippen molar-refractivity contribution >= 4 is 45.2 Å². The van der Waals surface area contributed by atoms with Gasteiger partial charge in [-0.05, 0) is 43.0 Å². The largest absolute Gasteiger partial charge is 0.352 e. The Balaban J connectivity index is 1.27. The molecule has 2 aromatic heterocycles. The van der Waals surface area contributed by atoms with Crippen molar-refractivity contribution in [1.29, 1.82) is 0 Å². The van der Waals surface area contributed by atoms with Gasteiger partial charge in [-0.2, -0.15) is 0 Å². The molecule has 1 aromatic carbocycles. The topological polar surface area (TPSA) is 108 Å². The number of nitrogens with zero attached hydrogens (tertiary/aromatic N) is 5. The fourth-order valence-electron chi connectivity index (χ4n) is 5.71. The van der Waals surface area contributed by atoms with E-state index >= 15 is 0 Å². The van der Waals surface area contributed by atoms with Crippen LogP contribution in [0.5, 0.6) is 0 Å². The number of amides is 2.